The molecule has 0 saturated heterocycles. The van der Waals surface area contributed by atoms with Crippen molar-refractivity contribution in [2.75, 3.05) is 5.32 Å². The lowest BCUT2D eigenvalue weighted by Gasteiger charge is -2.03. The van der Waals surface area contributed by atoms with E-state index in [1.807, 2.05) is 0 Å². The molecule has 1 amide bonds. The molecule has 90 valence electrons. The molecule has 1 heterocycles. The molecule has 0 unspecified atom stereocenters. The van der Waals surface area contributed by atoms with Crippen LogP contribution >= 0.6 is 0 Å². The zero-order chi connectivity index (χ0) is 13.1. The Morgan fingerprint density at radius 3 is 2.94 bits per heavy atom. The van der Waals surface area contributed by atoms with Gasteiger partial charge in [-0.1, -0.05) is 0 Å². The second-order valence-corrected chi connectivity index (χ2v) is 3.45. The van der Waals surface area contributed by atoms with E-state index in [0.717, 1.165) is 0 Å². The van der Waals surface area contributed by atoms with Crippen molar-refractivity contribution in [3.63, 3.8) is 0 Å². The van der Waals surface area contributed by atoms with Crippen molar-refractivity contribution in [2.24, 2.45) is 0 Å². The number of fused-ring (bicyclic) bond motifs is 1. The fraction of sp³-hybridized carbons (Fsp3) is 0.0909. The van der Waals surface area contributed by atoms with Gasteiger partial charge in [-0.05, 0) is 18.2 Å². The number of nitrogens with one attached hydrogen (secondary N) is 2. The van der Waals surface area contributed by atoms with E-state index in [1.54, 1.807) is 6.07 Å². The van der Waals surface area contributed by atoms with Gasteiger partial charge in [0.25, 0.3) is 0 Å². The average Bonchev–Trinajstić information content (AvgIpc) is 2.30. The summed E-state index contributed by atoms with van der Waals surface area (Å²) in [6.45, 7) is 0. The van der Waals surface area contributed by atoms with Crippen molar-refractivity contribution in [3.05, 3.63) is 39.2 Å². The second-order valence-electron chi connectivity index (χ2n) is 3.45. The molecule has 0 fully saturated rings. The fourth-order valence-corrected chi connectivity index (χ4v) is 1.45. The third-order valence-electron chi connectivity index (χ3n) is 2.18. The second kappa shape index (κ2) is 4.55. The van der Waals surface area contributed by atoms with Gasteiger partial charge in [-0.15, -0.1) is 0 Å². The molecule has 0 aliphatic carbocycles. The maximum Gasteiger partial charge on any atom is 0.419 e. The summed E-state index contributed by atoms with van der Waals surface area (Å²) in [5.41, 5.74) is -0.123. The number of hydrogen-bond acceptors (Lipinski definition) is 5. The van der Waals surface area contributed by atoms with Gasteiger partial charge in [-0.25, -0.2) is 9.59 Å². The van der Waals surface area contributed by atoms with E-state index >= 15 is 0 Å². The Morgan fingerprint density at radius 1 is 1.44 bits per heavy atom. The van der Waals surface area contributed by atoms with E-state index in [2.05, 4.69) is 14.7 Å². The van der Waals surface area contributed by atoms with E-state index in [4.69, 9.17) is 5.26 Å². The molecule has 7 heteroatoms. The molecule has 7 nitrogen and oxygen atoms in total. The Morgan fingerprint density at radius 2 is 2.22 bits per heavy atom. The van der Waals surface area contributed by atoms with Crippen LogP contribution in [0.3, 0.4) is 0 Å². The third kappa shape index (κ3) is 2.27. The molecule has 0 aliphatic heterocycles. The molecule has 1 aromatic heterocycles. The molecule has 2 rings (SSSR count). The van der Waals surface area contributed by atoms with Crippen LogP contribution in [0.2, 0.25) is 0 Å². The van der Waals surface area contributed by atoms with Gasteiger partial charge in [0, 0.05) is 5.69 Å². The number of carbonyl (C=O) groups excluding carboxylic acids is 1. The normalized spacial score (nSPS) is 9.94. The highest BCUT2D eigenvalue weighted by Crippen LogP contribution is 2.13. The van der Waals surface area contributed by atoms with Gasteiger partial charge in [0.15, 0.2) is 0 Å². The highest BCUT2D eigenvalue weighted by atomic mass is 16.4. The first-order chi connectivity index (χ1) is 8.60. The Labute approximate surface area is 99.7 Å². The molecule has 18 heavy (non-hydrogen) atoms. The van der Waals surface area contributed by atoms with Crippen molar-refractivity contribution < 1.29 is 9.21 Å². The summed E-state index contributed by atoms with van der Waals surface area (Å²) in [6.07, 6.45) is -0.279. The van der Waals surface area contributed by atoms with Crippen molar-refractivity contribution in [1.82, 2.24) is 4.98 Å². The van der Waals surface area contributed by atoms with E-state index < -0.39 is 17.3 Å². The first-order valence-corrected chi connectivity index (χ1v) is 4.94. The van der Waals surface area contributed by atoms with E-state index in [0.29, 0.717) is 11.2 Å². The van der Waals surface area contributed by atoms with Crippen molar-refractivity contribution >= 4 is 22.5 Å². The summed E-state index contributed by atoms with van der Waals surface area (Å²) in [4.78, 5) is 35.9. The number of H-pyrrole nitrogens is 1. The van der Waals surface area contributed by atoms with Gasteiger partial charge in [-0.3, -0.25) is 9.78 Å². The molecular formula is C11H7N3O4. The molecule has 2 N–H and O–H groups in total. The minimum atomic E-state index is -0.839. The maximum atomic E-state index is 11.4. The lowest BCUT2D eigenvalue weighted by atomic mass is 10.2. The summed E-state index contributed by atoms with van der Waals surface area (Å²) in [5, 5.41) is 10.9. The van der Waals surface area contributed by atoms with Crippen molar-refractivity contribution in [2.45, 2.75) is 6.42 Å². The fourth-order valence-electron chi connectivity index (χ4n) is 1.45. The van der Waals surface area contributed by atoms with Gasteiger partial charge in [0.1, 0.15) is 6.42 Å². The smallest absolute Gasteiger partial charge is 0.372 e. The van der Waals surface area contributed by atoms with Crippen LogP contribution in [0.1, 0.15) is 6.42 Å². The number of carbonyl (C=O) groups is 1. The largest absolute Gasteiger partial charge is 0.419 e. The Bertz CT molecular complexity index is 766. The van der Waals surface area contributed by atoms with Crippen LogP contribution in [0, 0.1) is 11.3 Å². The van der Waals surface area contributed by atoms with Crippen molar-refractivity contribution in [3.8, 4) is 6.07 Å². The molecular weight excluding hydrogens is 238 g/mol. The number of anilines is 1. The molecule has 1 aromatic carbocycles. The number of hydrogen-bond donors (Lipinski definition) is 2. The molecule has 0 bridgehead atoms. The molecule has 0 aliphatic rings. The number of nitrogens with zero attached hydrogens (tertiary/aromatic N) is 1. The standard InChI is InChI=1S/C11H7N3O4/c12-4-3-9(15)13-6-1-2-8-7(5-6)10(16)18-11(17)14-8/h1-2,5H,3H2,(H,13,15)(H,14,17). The number of aromatic nitrogens is 1. The van der Waals surface area contributed by atoms with Crippen LogP contribution in [0.4, 0.5) is 5.69 Å². The van der Waals surface area contributed by atoms with E-state index in [9.17, 15) is 14.4 Å². The molecule has 0 saturated carbocycles. The first-order valence-electron chi connectivity index (χ1n) is 4.94. The number of rotatable bonds is 2. The van der Waals surface area contributed by atoms with Crippen LogP contribution in [0.25, 0.3) is 10.9 Å². The highest BCUT2D eigenvalue weighted by Gasteiger charge is 2.06. The third-order valence-corrected chi connectivity index (χ3v) is 2.18. The van der Waals surface area contributed by atoms with Crippen LogP contribution < -0.4 is 16.7 Å². The first kappa shape index (κ1) is 11.6. The van der Waals surface area contributed by atoms with E-state index in [-0.39, 0.29) is 11.8 Å². The Balaban J connectivity index is 2.45. The zero-order valence-corrected chi connectivity index (χ0v) is 9.02. The van der Waals surface area contributed by atoms with Gasteiger partial charge >= 0.3 is 11.4 Å². The molecule has 0 radical (unpaired) electrons. The predicted molar refractivity (Wildman–Crippen MR) is 62.0 cm³/mol. The van der Waals surface area contributed by atoms with Gasteiger partial charge < -0.3 is 9.73 Å². The average molecular weight is 245 g/mol. The lowest BCUT2D eigenvalue weighted by Crippen LogP contribution is -2.15. The summed E-state index contributed by atoms with van der Waals surface area (Å²) >= 11 is 0. The van der Waals surface area contributed by atoms with Gasteiger partial charge in [0.05, 0.1) is 17.0 Å². The molecule has 0 atom stereocenters. The quantitative estimate of drug-likeness (QED) is 0.790. The summed E-state index contributed by atoms with van der Waals surface area (Å²) in [6, 6.07) is 6.05. The highest BCUT2D eigenvalue weighted by molar-refractivity contribution is 5.94. The maximum absolute atomic E-state index is 11.4. The van der Waals surface area contributed by atoms with Crippen LogP contribution in [0.15, 0.2) is 32.2 Å². The van der Waals surface area contributed by atoms with E-state index in [1.165, 1.54) is 18.2 Å². The Kier molecular flexibility index (Phi) is 2.93. The van der Waals surface area contributed by atoms with Gasteiger partial charge in [-0.2, -0.15) is 5.26 Å². The number of benzene rings is 1. The molecule has 2 aromatic rings. The van der Waals surface area contributed by atoms with Crippen LogP contribution in [-0.4, -0.2) is 10.9 Å². The molecule has 0 spiro atoms. The number of nitriles is 1. The van der Waals surface area contributed by atoms with Gasteiger partial charge in [0.2, 0.25) is 5.91 Å². The topological polar surface area (TPSA) is 116 Å². The lowest BCUT2D eigenvalue weighted by molar-refractivity contribution is -0.115. The van der Waals surface area contributed by atoms with Crippen LogP contribution in [-0.2, 0) is 4.79 Å². The minimum Gasteiger partial charge on any atom is -0.372 e. The number of amides is 1. The summed E-state index contributed by atoms with van der Waals surface area (Å²) in [5.74, 6) is -1.32. The van der Waals surface area contributed by atoms with Crippen molar-refractivity contribution in [1.29, 1.82) is 5.26 Å². The predicted octanol–water partition coefficient (Wildman–Crippen LogP) is 0.333. The SMILES string of the molecule is N#CCC(=O)Nc1ccc2[nH]c(=O)oc(=O)c2c1. The Hall–Kier alpha value is -2.88. The van der Waals surface area contributed by atoms with Crippen LogP contribution in [0.5, 0.6) is 0 Å². The number of aromatic amines is 1. The summed E-state index contributed by atoms with van der Waals surface area (Å²) < 4.78 is 4.37. The summed E-state index contributed by atoms with van der Waals surface area (Å²) in [7, 11) is 0. The minimum absolute atomic E-state index is 0.143. The monoisotopic (exact) mass is 245 g/mol. The zero-order valence-electron chi connectivity index (χ0n) is 9.02.